The third-order valence-corrected chi connectivity index (χ3v) is 10.9. The van der Waals surface area contributed by atoms with Crippen LogP contribution >= 0.6 is 0 Å². The molecule has 0 N–H and O–H groups in total. The number of hydrogen-bond donors (Lipinski definition) is 0. The van der Waals surface area contributed by atoms with E-state index < -0.39 is 32.5 Å². The fourth-order valence-corrected chi connectivity index (χ4v) is 7.34. The fourth-order valence-electron chi connectivity index (χ4n) is 6.65. The molecule has 9 heteroatoms. The fraction of sp³-hybridized carbons (Fsp3) is 0.739. The minimum absolute atomic E-state index is 0. The predicted octanol–water partition coefficient (Wildman–Crippen LogP) is 10.8. The van der Waals surface area contributed by atoms with E-state index in [0.717, 1.165) is 44.6 Å². The molecule has 0 aliphatic rings. The first-order chi connectivity index (χ1) is 26.3. The van der Waals surface area contributed by atoms with Gasteiger partial charge in [0.1, 0.15) is 10.1 Å². The summed E-state index contributed by atoms with van der Waals surface area (Å²) in [5.41, 5.74) is -0.779. The number of allylic oxidation sites excluding steroid dienone is 4. The molecule has 0 fully saturated rings. The number of carbonyl (C=O) groups is 2. The Morgan fingerprint density at radius 1 is 0.509 bits per heavy atom. The van der Waals surface area contributed by atoms with E-state index in [1.54, 1.807) is 0 Å². The summed E-state index contributed by atoms with van der Waals surface area (Å²) in [7, 11) is -5.02. The smallest absolute Gasteiger partial charge is 0.744 e. The van der Waals surface area contributed by atoms with E-state index in [4.69, 9.17) is 9.47 Å². The number of hydrogen-bond acceptors (Lipinski definition) is 7. The van der Waals surface area contributed by atoms with Gasteiger partial charge in [-0.25, -0.2) is 18.0 Å². The molecule has 0 saturated carbocycles. The number of rotatable bonds is 37. The first-order valence-corrected chi connectivity index (χ1v) is 23.5. The van der Waals surface area contributed by atoms with Gasteiger partial charge in [0.25, 0.3) is 0 Å². The maximum Gasteiger partial charge on any atom is 1.00 e. The Morgan fingerprint density at radius 2 is 0.836 bits per heavy atom. The Kier molecular flexibility index (Phi) is 38.1. The second-order valence-corrected chi connectivity index (χ2v) is 16.3. The summed E-state index contributed by atoms with van der Waals surface area (Å²) in [5, 5.41) is 0. The zero-order valence-electron chi connectivity index (χ0n) is 35.4. The molecule has 1 aromatic rings. The van der Waals surface area contributed by atoms with E-state index in [9.17, 15) is 22.6 Å². The van der Waals surface area contributed by atoms with E-state index in [1.165, 1.54) is 153 Å². The zero-order chi connectivity index (χ0) is 39.4. The van der Waals surface area contributed by atoms with Gasteiger partial charge >= 0.3 is 63.3 Å². The molecule has 0 heterocycles. The van der Waals surface area contributed by atoms with Gasteiger partial charge in [0.15, 0.2) is 0 Å². The van der Waals surface area contributed by atoms with Gasteiger partial charge in [-0.3, -0.25) is 0 Å². The molecular weight excluding hydrogens is 736 g/mol. The normalized spacial score (nSPS) is 11.7. The van der Waals surface area contributed by atoms with E-state index in [0.29, 0.717) is 12.8 Å². The monoisotopic (exact) mass is 813 g/mol. The summed E-state index contributed by atoms with van der Waals surface area (Å²) in [6.07, 6.45) is 44.6. The average Bonchev–Trinajstić information content (AvgIpc) is 3.16. The zero-order valence-corrected chi connectivity index (χ0v) is 39.4. The number of unbranched alkanes of at least 4 members (excludes halogenated alkanes) is 26. The molecule has 0 atom stereocenters. The van der Waals surface area contributed by atoms with E-state index in [-0.39, 0.29) is 70.2 Å². The van der Waals surface area contributed by atoms with Gasteiger partial charge in [-0.2, -0.15) is 0 Å². The Labute approximate surface area is 380 Å². The summed E-state index contributed by atoms with van der Waals surface area (Å²) >= 11 is 0. The van der Waals surface area contributed by atoms with Crippen molar-refractivity contribution in [2.75, 3.05) is 13.2 Å². The van der Waals surface area contributed by atoms with Gasteiger partial charge in [0.05, 0.1) is 29.2 Å². The number of carbonyl (C=O) groups excluding carboxylic acids is 2. The molecule has 7 nitrogen and oxygen atoms in total. The molecule has 310 valence electrons. The standard InChI is InChI=1S/C46H78O7S.K/c1-3-5-7-9-11-13-15-17-19-21-23-25-27-29-31-33-35-40-52-45(47)42-38-37-39-43(54(49,50)51)44(42)46(48)53-41-36-34-32-30-28-26-24-22-20-18-16-14-12-10-8-6-4-2;/h11-14,37-39H,3-10,15-36,40-41H2,1-2H3,(H,49,50,51);/q;+1/p-1/b13-11+,14-12+;. The van der Waals surface area contributed by atoms with Crippen LogP contribution in [0.1, 0.15) is 227 Å². The maximum absolute atomic E-state index is 13.0. The summed E-state index contributed by atoms with van der Waals surface area (Å²) in [6, 6.07) is 3.63. The molecule has 0 bridgehead atoms. The molecule has 1 aromatic carbocycles. The van der Waals surface area contributed by atoms with Crippen LogP contribution in [0, 0.1) is 0 Å². The summed E-state index contributed by atoms with van der Waals surface area (Å²) in [4.78, 5) is 25.2. The third-order valence-electron chi connectivity index (χ3n) is 10.00. The average molecular weight is 813 g/mol. The van der Waals surface area contributed by atoms with Crippen LogP contribution in [0.2, 0.25) is 0 Å². The van der Waals surface area contributed by atoms with E-state index >= 15 is 0 Å². The van der Waals surface area contributed by atoms with Crippen molar-refractivity contribution in [1.82, 2.24) is 0 Å². The van der Waals surface area contributed by atoms with Crippen molar-refractivity contribution in [1.29, 1.82) is 0 Å². The molecule has 0 aromatic heterocycles. The summed E-state index contributed by atoms with van der Waals surface area (Å²) in [5.74, 6) is -1.81. The largest absolute Gasteiger partial charge is 1.00 e. The second-order valence-electron chi connectivity index (χ2n) is 15.0. The molecule has 0 aliphatic carbocycles. The van der Waals surface area contributed by atoms with Crippen molar-refractivity contribution in [2.24, 2.45) is 0 Å². The maximum atomic E-state index is 13.0. The third kappa shape index (κ3) is 30.9. The van der Waals surface area contributed by atoms with Crippen molar-refractivity contribution in [3.63, 3.8) is 0 Å². The first-order valence-electron chi connectivity index (χ1n) is 22.1. The van der Waals surface area contributed by atoms with Crippen LogP contribution in [0.5, 0.6) is 0 Å². The van der Waals surface area contributed by atoms with Crippen LogP contribution in [0.15, 0.2) is 47.4 Å². The molecule has 1 rings (SSSR count). The molecule has 0 saturated heterocycles. The topological polar surface area (TPSA) is 110 Å². The Morgan fingerprint density at radius 3 is 1.20 bits per heavy atom. The van der Waals surface area contributed by atoms with Crippen molar-refractivity contribution >= 4 is 22.1 Å². The van der Waals surface area contributed by atoms with Crippen LogP contribution in [-0.2, 0) is 19.6 Å². The number of ether oxygens (including phenoxy) is 2. The van der Waals surface area contributed by atoms with Crippen LogP contribution in [0.4, 0.5) is 0 Å². The summed E-state index contributed by atoms with van der Waals surface area (Å²) < 4.78 is 46.7. The molecule has 0 amide bonds. The Balaban J connectivity index is 0.0000292. The number of benzene rings is 1. The van der Waals surface area contributed by atoms with Gasteiger partial charge in [0.2, 0.25) is 0 Å². The van der Waals surface area contributed by atoms with Crippen molar-refractivity contribution in [3.05, 3.63) is 53.6 Å². The van der Waals surface area contributed by atoms with Gasteiger partial charge in [0, 0.05) is 0 Å². The van der Waals surface area contributed by atoms with Crippen LogP contribution in [0.25, 0.3) is 0 Å². The van der Waals surface area contributed by atoms with Crippen molar-refractivity contribution in [3.8, 4) is 0 Å². The van der Waals surface area contributed by atoms with Crippen LogP contribution in [0.3, 0.4) is 0 Å². The number of esters is 2. The van der Waals surface area contributed by atoms with Gasteiger partial charge in [-0.1, -0.05) is 173 Å². The van der Waals surface area contributed by atoms with E-state index in [1.807, 2.05) is 0 Å². The minimum Gasteiger partial charge on any atom is -0.744 e. The van der Waals surface area contributed by atoms with E-state index in [2.05, 4.69) is 38.2 Å². The second kappa shape index (κ2) is 38.7. The summed E-state index contributed by atoms with van der Waals surface area (Å²) in [6.45, 7) is 4.72. The quantitative estimate of drug-likeness (QED) is 0.0216. The Bertz CT molecular complexity index is 1240. The molecule has 0 spiro atoms. The SMILES string of the molecule is CCCCC/C=C/CCCCCCCCCCCCOC(=O)c1cccc(S(=O)(=O)[O-])c1C(=O)OCCCCCCCCCCCC/C=C/CCCCC.[K+]. The first kappa shape index (κ1) is 54.2. The molecule has 55 heavy (non-hydrogen) atoms. The van der Waals surface area contributed by atoms with Crippen molar-refractivity contribution in [2.45, 2.75) is 211 Å². The molecule has 0 radical (unpaired) electrons. The minimum atomic E-state index is -5.02. The van der Waals surface area contributed by atoms with Crippen LogP contribution in [-0.4, -0.2) is 38.1 Å². The molecule has 0 aliphatic heterocycles. The van der Waals surface area contributed by atoms with Crippen molar-refractivity contribution < 1.29 is 83.4 Å². The van der Waals surface area contributed by atoms with Gasteiger partial charge < -0.3 is 14.0 Å². The Hall–Kier alpha value is -0.814. The van der Waals surface area contributed by atoms with Gasteiger partial charge in [-0.15, -0.1) is 0 Å². The predicted molar refractivity (Wildman–Crippen MR) is 223 cm³/mol. The van der Waals surface area contributed by atoms with Gasteiger partial charge in [-0.05, 0) is 76.3 Å². The molecular formula is C46H77KO7S. The molecule has 0 unspecified atom stereocenters. The van der Waals surface area contributed by atoms with Crippen LogP contribution < -0.4 is 51.4 Å².